The van der Waals surface area contributed by atoms with Crippen LogP contribution in [0.25, 0.3) is 0 Å². The number of carbonyl (C=O) groups is 1. The molecule has 0 aromatic heterocycles. The van der Waals surface area contributed by atoms with Crippen LogP contribution in [0.1, 0.15) is 37.8 Å². The monoisotopic (exact) mass is 376 g/mol. The third kappa shape index (κ3) is 3.78. The van der Waals surface area contributed by atoms with Crippen LogP contribution in [0.5, 0.6) is 0 Å². The molecule has 0 bridgehead atoms. The largest absolute Gasteiger partial charge is 0.326 e. The Morgan fingerprint density at radius 1 is 1.23 bits per heavy atom. The molecule has 2 aromatic rings. The van der Waals surface area contributed by atoms with Crippen LogP contribution >= 0.6 is 0 Å². The molecule has 1 atom stereocenters. The fourth-order valence-electron chi connectivity index (χ4n) is 3.17. The molecule has 1 saturated heterocycles. The second-order valence-electron chi connectivity index (χ2n) is 6.25. The second-order valence-corrected chi connectivity index (χ2v) is 8.15. The first-order valence-electron chi connectivity index (χ1n) is 8.59. The summed E-state index contributed by atoms with van der Waals surface area (Å²) in [5, 5.41) is 2.69. The standard InChI is InChI=1S/C19H21FN2O3S/c1-2-19(23)21-16-8-10-17(11-9-16)26(24,25)22-12-4-7-18(22)14-5-3-6-15(20)13-14/h3,5-6,8-11,13,18H,2,4,7,12H2,1H3,(H,21,23). The summed E-state index contributed by atoms with van der Waals surface area (Å²) in [7, 11) is -3.70. The minimum atomic E-state index is -3.70. The molecule has 7 heteroatoms. The van der Waals surface area contributed by atoms with Crippen LogP contribution < -0.4 is 5.32 Å². The summed E-state index contributed by atoms with van der Waals surface area (Å²) in [6.07, 6.45) is 1.74. The Balaban J connectivity index is 1.86. The van der Waals surface area contributed by atoms with E-state index in [9.17, 15) is 17.6 Å². The number of sulfonamides is 1. The van der Waals surface area contributed by atoms with Gasteiger partial charge in [0.05, 0.1) is 10.9 Å². The molecule has 0 aliphatic carbocycles. The Labute approximate surface area is 152 Å². The van der Waals surface area contributed by atoms with Gasteiger partial charge in [-0.3, -0.25) is 4.79 Å². The van der Waals surface area contributed by atoms with Crippen LogP contribution in [0.3, 0.4) is 0 Å². The van der Waals surface area contributed by atoms with Crippen LogP contribution in [0.2, 0.25) is 0 Å². The molecular formula is C19H21FN2O3S. The van der Waals surface area contributed by atoms with E-state index in [-0.39, 0.29) is 22.7 Å². The van der Waals surface area contributed by atoms with Crippen molar-refractivity contribution in [3.05, 3.63) is 59.9 Å². The number of rotatable bonds is 5. The summed E-state index contributed by atoms with van der Waals surface area (Å²) < 4.78 is 41.0. The molecule has 1 unspecified atom stereocenters. The molecule has 1 fully saturated rings. The van der Waals surface area contributed by atoms with Gasteiger partial charge in [-0.25, -0.2) is 12.8 Å². The lowest BCUT2D eigenvalue weighted by atomic mass is 10.1. The molecule has 138 valence electrons. The normalized spacial score (nSPS) is 18.0. The van der Waals surface area contributed by atoms with E-state index in [4.69, 9.17) is 0 Å². The zero-order chi connectivity index (χ0) is 18.7. The zero-order valence-corrected chi connectivity index (χ0v) is 15.3. The lowest BCUT2D eigenvalue weighted by Crippen LogP contribution is -2.30. The van der Waals surface area contributed by atoms with Gasteiger partial charge in [-0.15, -0.1) is 0 Å². The van der Waals surface area contributed by atoms with Crippen molar-refractivity contribution in [2.75, 3.05) is 11.9 Å². The topological polar surface area (TPSA) is 66.5 Å². The summed E-state index contributed by atoms with van der Waals surface area (Å²) in [4.78, 5) is 11.6. The van der Waals surface area contributed by atoms with E-state index in [2.05, 4.69) is 5.32 Å². The minimum Gasteiger partial charge on any atom is -0.326 e. The lowest BCUT2D eigenvalue weighted by Gasteiger charge is -2.24. The van der Waals surface area contributed by atoms with E-state index < -0.39 is 10.0 Å². The number of nitrogens with one attached hydrogen (secondary N) is 1. The van der Waals surface area contributed by atoms with E-state index >= 15 is 0 Å². The first-order valence-corrected chi connectivity index (χ1v) is 10.0. The van der Waals surface area contributed by atoms with Crippen LogP contribution in [-0.2, 0) is 14.8 Å². The summed E-state index contributed by atoms with van der Waals surface area (Å²) in [6, 6.07) is 11.9. The summed E-state index contributed by atoms with van der Waals surface area (Å²) in [6.45, 7) is 2.14. The molecule has 0 spiro atoms. The fourth-order valence-corrected chi connectivity index (χ4v) is 4.85. The quantitative estimate of drug-likeness (QED) is 0.865. The number of nitrogens with zero attached hydrogens (tertiary/aromatic N) is 1. The average molecular weight is 376 g/mol. The Morgan fingerprint density at radius 3 is 2.62 bits per heavy atom. The van der Waals surface area contributed by atoms with Crippen molar-refractivity contribution < 1.29 is 17.6 Å². The van der Waals surface area contributed by atoms with Gasteiger partial charge in [-0.05, 0) is 54.8 Å². The van der Waals surface area contributed by atoms with Gasteiger partial charge in [0.1, 0.15) is 5.82 Å². The van der Waals surface area contributed by atoms with Crippen LogP contribution in [0.4, 0.5) is 10.1 Å². The molecule has 1 N–H and O–H groups in total. The summed E-state index contributed by atoms with van der Waals surface area (Å²) in [5.41, 5.74) is 1.22. The highest BCUT2D eigenvalue weighted by Gasteiger charge is 2.36. The van der Waals surface area contributed by atoms with Gasteiger partial charge in [-0.1, -0.05) is 19.1 Å². The molecule has 1 aliphatic heterocycles. The first-order chi connectivity index (χ1) is 12.4. The van der Waals surface area contributed by atoms with Crippen LogP contribution in [-0.4, -0.2) is 25.2 Å². The Kier molecular flexibility index (Phi) is 5.38. The third-order valence-electron chi connectivity index (χ3n) is 4.50. The smallest absolute Gasteiger partial charge is 0.243 e. The number of halogens is 1. The number of hydrogen-bond donors (Lipinski definition) is 1. The predicted octanol–water partition coefficient (Wildman–Crippen LogP) is 3.70. The van der Waals surface area contributed by atoms with Crippen molar-refractivity contribution >= 4 is 21.6 Å². The number of benzene rings is 2. The molecule has 0 saturated carbocycles. The maximum Gasteiger partial charge on any atom is 0.243 e. The summed E-state index contributed by atoms with van der Waals surface area (Å²) in [5.74, 6) is -0.505. The average Bonchev–Trinajstić information content (AvgIpc) is 3.13. The van der Waals surface area contributed by atoms with E-state index in [0.717, 1.165) is 6.42 Å². The van der Waals surface area contributed by atoms with E-state index in [1.54, 1.807) is 31.2 Å². The predicted molar refractivity (Wildman–Crippen MR) is 97.6 cm³/mol. The van der Waals surface area contributed by atoms with Crippen molar-refractivity contribution in [3.63, 3.8) is 0 Å². The summed E-state index contributed by atoms with van der Waals surface area (Å²) >= 11 is 0. The molecule has 26 heavy (non-hydrogen) atoms. The first kappa shape index (κ1) is 18.5. The van der Waals surface area contributed by atoms with Gasteiger partial charge in [0.25, 0.3) is 0 Å². The van der Waals surface area contributed by atoms with Gasteiger partial charge in [-0.2, -0.15) is 4.31 Å². The highest BCUT2D eigenvalue weighted by molar-refractivity contribution is 7.89. The second kappa shape index (κ2) is 7.55. The minimum absolute atomic E-state index is 0.133. The van der Waals surface area contributed by atoms with E-state index in [0.29, 0.717) is 30.6 Å². The highest BCUT2D eigenvalue weighted by Crippen LogP contribution is 2.36. The molecule has 3 rings (SSSR count). The Morgan fingerprint density at radius 2 is 1.96 bits per heavy atom. The molecule has 5 nitrogen and oxygen atoms in total. The van der Waals surface area contributed by atoms with Crippen molar-refractivity contribution in [2.45, 2.75) is 37.1 Å². The molecule has 1 heterocycles. The van der Waals surface area contributed by atoms with Gasteiger partial charge in [0.15, 0.2) is 0 Å². The van der Waals surface area contributed by atoms with Crippen molar-refractivity contribution in [1.82, 2.24) is 4.31 Å². The SMILES string of the molecule is CCC(=O)Nc1ccc(S(=O)(=O)N2CCCC2c2cccc(F)c2)cc1. The third-order valence-corrected chi connectivity index (χ3v) is 6.43. The van der Waals surface area contributed by atoms with E-state index in [1.807, 2.05) is 0 Å². The van der Waals surface area contributed by atoms with E-state index in [1.165, 1.54) is 28.6 Å². The maximum absolute atomic E-state index is 13.5. The van der Waals surface area contributed by atoms with Crippen molar-refractivity contribution in [1.29, 1.82) is 0 Å². The molecule has 1 aliphatic rings. The van der Waals surface area contributed by atoms with Gasteiger partial charge >= 0.3 is 0 Å². The molecular weight excluding hydrogens is 355 g/mol. The molecule has 1 amide bonds. The number of hydrogen-bond acceptors (Lipinski definition) is 3. The zero-order valence-electron chi connectivity index (χ0n) is 14.5. The van der Waals surface area contributed by atoms with Crippen LogP contribution in [0, 0.1) is 5.82 Å². The maximum atomic E-state index is 13.5. The highest BCUT2D eigenvalue weighted by atomic mass is 32.2. The number of carbonyl (C=O) groups excluding carboxylic acids is 1. The number of anilines is 1. The Bertz CT molecular complexity index is 897. The lowest BCUT2D eigenvalue weighted by molar-refractivity contribution is -0.115. The van der Waals surface area contributed by atoms with Gasteiger partial charge < -0.3 is 5.32 Å². The van der Waals surface area contributed by atoms with Gasteiger partial charge in [0.2, 0.25) is 15.9 Å². The van der Waals surface area contributed by atoms with Gasteiger partial charge in [0, 0.05) is 18.7 Å². The van der Waals surface area contributed by atoms with Crippen LogP contribution in [0.15, 0.2) is 53.4 Å². The fraction of sp³-hybridized carbons (Fsp3) is 0.316. The van der Waals surface area contributed by atoms with Crippen molar-refractivity contribution in [3.8, 4) is 0 Å². The molecule has 0 radical (unpaired) electrons. The Hall–Kier alpha value is -2.25. The number of amides is 1. The molecule has 2 aromatic carbocycles. The van der Waals surface area contributed by atoms with Crippen molar-refractivity contribution in [2.24, 2.45) is 0 Å².